The van der Waals surface area contributed by atoms with Crippen LogP contribution in [0.1, 0.15) is 19.3 Å². The number of unbranched alkanes of at least 4 members (excludes halogenated alkanes) is 1. The van der Waals surface area contributed by atoms with Gasteiger partial charge in [0, 0.05) is 13.0 Å². The number of esters is 1. The molecule has 0 aliphatic rings. The Morgan fingerprint density at radius 3 is 2.38 bits per heavy atom. The van der Waals surface area contributed by atoms with Gasteiger partial charge in [-0.3, -0.25) is 4.79 Å². The third-order valence-corrected chi connectivity index (χ3v) is 2.08. The average Bonchev–Trinajstić information content (AvgIpc) is 2.30. The first-order valence-corrected chi connectivity index (χ1v) is 5.22. The third-order valence-electron chi connectivity index (χ3n) is 2.08. The number of ether oxygens (including phenoxy) is 2. The highest BCUT2D eigenvalue weighted by atomic mass is 16.5. The molecule has 0 unspecified atom stereocenters. The van der Waals surface area contributed by atoms with Crippen LogP contribution in [0.4, 0.5) is 0 Å². The van der Waals surface area contributed by atoms with Gasteiger partial charge in [-0.05, 0) is 37.1 Å². The van der Waals surface area contributed by atoms with Crippen molar-refractivity contribution in [3.05, 3.63) is 24.3 Å². The molecular formula is C12H16O4. The Balaban J connectivity index is 2.37. The Morgan fingerprint density at radius 1 is 1.19 bits per heavy atom. The molecule has 0 spiro atoms. The smallest absolute Gasteiger partial charge is 0.311 e. The first-order valence-electron chi connectivity index (χ1n) is 5.22. The van der Waals surface area contributed by atoms with Gasteiger partial charge in [-0.1, -0.05) is 0 Å². The molecule has 1 aromatic rings. The highest BCUT2D eigenvalue weighted by Crippen LogP contribution is 2.17. The van der Waals surface area contributed by atoms with Gasteiger partial charge in [-0.25, -0.2) is 0 Å². The van der Waals surface area contributed by atoms with Gasteiger partial charge in [0.15, 0.2) is 0 Å². The number of rotatable bonds is 6. The summed E-state index contributed by atoms with van der Waals surface area (Å²) < 4.78 is 10.1. The second-order valence-corrected chi connectivity index (χ2v) is 3.33. The van der Waals surface area contributed by atoms with Gasteiger partial charge < -0.3 is 14.6 Å². The quantitative estimate of drug-likeness (QED) is 0.454. The van der Waals surface area contributed by atoms with Crippen LogP contribution in [0.5, 0.6) is 11.5 Å². The molecule has 0 saturated carbocycles. The van der Waals surface area contributed by atoms with Crippen molar-refractivity contribution >= 4 is 5.97 Å². The average molecular weight is 224 g/mol. The minimum atomic E-state index is -0.279. The van der Waals surface area contributed by atoms with Crippen LogP contribution in [0.3, 0.4) is 0 Å². The molecule has 0 amide bonds. The zero-order valence-corrected chi connectivity index (χ0v) is 9.31. The van der Waals surface area contributed by atoms with Crippen molar-refractivity contribution < 1.29 is 19.4 Å². The lowest BCUT2D eigenvalue weighted by Gasteiger charge is -2.04. The van der Waals surface area contributed by atoms with Crippen molar-refractivity contribution in [3.63, 3.8) is 0 Å². The van der Waals surface area contributed by atoms with Crippen molar-refractivity contribution in [2.24, 2.45) is 0 Å². The lowest BCUT2D eigenvalue weighted by Crippen LogP contribution is -2.07. The van der Waals surface area contributed by atoms with Gasteiger partial charge in [-0.15, -0.1) is 0 Å². The normalized spacial score (nSPS) is 9.88. The molecule has 0 heterocycles. The number of hydrogen-bond acceptors (Lipinski definition) is 4. The Kier molecular flexibility index (Phi) is 5.36. The van der Waals surface area contributed by atoms with E-state index in [0.717, 1.165) is 5.75 Å². The molecule has 0 atom stereocenters. The van der Waals surface area contributed by atoms with E-state index < -0.39 is 0 Å². The number of methoxy groups -OCH3 is 1. The Morgan fingerprint density at radius 2 is 1.81 bits per heavy atom. The molecule has 1 aromatic carbocycles. The van der Waals surface area contributed by atoms with Gasteiger partial charge in [0.1, 0.15) is 11.5 Å². The van der Waals surface area contributed by atoms with E-state index in [4.69, 9.17) is 14.6 Å². The van der Waals surface area contributed by atoms with E-state index in [2.05, 4.69) is 0 Å². The van der Waals surface area contributed by atoms with Gasteiger partial charge in [0.25, 0.3) is 0 Å². The molecule has 0 bridgehead atoms. The van der Waals surface area contributed by atoms with E-state index in [0.29, 0.717) is 25.0 Å². The molecule has 1 N–H and O–H groups in total. The molecule has 1 rings (SSSR count). The van der Waals surface area contributed by atoms with Gasteiger partial charge >= 0.3 is 5.97 Å². The van der Waals surface area contributed by atoms with Crippen LogP contribution < -0.4 is 9.47 Å². The van der Waals surface area contributed by atoms with Crippen LogP contribution in [-0.2, 0) is 4.79 Å². The van der Waals surface area contributed by atoms with E-state index >= 15 is 0 Å². The monoisotopic (exact) mass is 224 g/mol. The lowest BCUT2D eigenvalue weighted by atomic mass is 10.2. The third kappa shape index (κ3) is 4.31. The van der Waals surface area contributed by atoms with Crippen LogP contribution >= 0.6 is 0 Å². The number of aliphatic hydroxyl groups excluding tert-OH is 1. The fourth-order valence-electron chi connectivity index (χ4n) is 1.21. The molecule has 0 saturated heterocycles. The lowest BCUT2D eigenvalue weighted by molar-refractivity contribution is -0.134. The second kappa shape index (κ2) is 6.85. The first kappa shape index (κ1) is 12.5. The van der Waals surface area contributed by atoms with Crippen molar-refractivity contribution in [1.82, 2.24) is 0 Å². The summed E-state index contributed by atoms with van der Waals surface area (Å²) >= 11 is 0. The highest BCUT2D eigenvalue weighted by molar-refractivity contribution is 5.72. The molecule has 0 aliphatic carbocycles. The van der Waals surface area contributed by atoms with Crippen molar-refractivity contribution in [3.8, 4) is 11.5 Å². The van der Waals surface area contributed by atoms with Crippen molar-refractivity contribution in [2.75, 3.05) is 13.7 Å². The summed E-state index contributed by atoms with van der Waals surface area (Å²) in [5, 5.41) is 8.56. The predicted octanol–water partition coefficient (Wildman–Crippen LogP) is 1.76. The summed E-state index contributed by atoms with van der Waals surface area (Å²) in [5.74, 6) is 0.952. The Labute approximate surface area is 94.8 Å². The minimum absolute atomic E-state index is 0.107. The second-order valence-electron chi connectivity index (χ2n) is 3.33. The van der Waals surface area contributed by atoms with Crippen LogP contribution in [0, 0.1) is 0 Å². The van der Waals surface area contributed by atoms with Crippen molar-refractivity contribution in [1.29, 1.82) is 0 Å². The summed E-state index contributed by atoms with van der Waals surface area (Å²) in [6.07, 6.45) is 1.59. The highest BCUT2D eigenvalue weighted by Gasteiger charge is 2.04. The molecule has 0 aliphatic heterocycles. The Hall–Kier alpha value is -1.55. The minimum Gasteiger partial charge on any atom is -0.497 e. The SMILES string of the molecule is COc1ccc(OC(=O)CCCCO)cc1. The number of hydrogen-bond donors (Lipinski definition) is 1. The Bertz CT molecular complexity index is 318. The summed E-state index contributed by atoms with van der Waals surface area (Å²) in [5.41, 5.74) is 0. The standard InChI is InChI=1S/C12H16O4/c1-15-10-5-7-11(8-6-10)16-12(14)4-2-3-9-13/h5-8,13H,2-4,9H2,1H3. The predicted molar refractivity (Wildman–Crippen MR) is 59.6 cm³/mol. The number of aliphatic hydroxyl groups is 1. The zero-order chi connectivity index (χ0) is 11.8. The van der Waals surface area contributed by atoms with E-state index in [1.54, 1.807) is 31.4 Å². The maximum atomic E-state index is 11.3. The van der Waals surface area contributed by atoms with E-state index in [1.807, 2.05) is 0 Å². The molecule has 0 fully saturated rings. The fourth-order valence-corrected chi connectivity index (χ4v) is 1.21. The van der Waals surface area contributed by atoms with Gasteiger partial charge in [0.05, 0.1) is 7.11 Å². The largest absolute Gasteiger partial charge is 0.497 e. The van der Waals surface area contributed by atoms with Crippen LogP contribution in [0.15, 0.2) is 24.3 Å². The van der Waals surface area contributed by atoms with Gasteiger partial charge in [-0.2, -0.15) is 0 Å². The summed E-state index contributed by atoms with van der Waals surface area (Å²) in [6, 6.07) is 6.83. The maximum Gasteiger partial charge on any atom is 0.311 e. The molecule has 16 heavy (non-hydrogen) atoms. The molecule has 4 nitrogen and oxygen atoms in total. The zero-order valence-electron chi connectivity index (χ0n) is 9.31. The van der Waals surface area contributed by atoms with E-state index in [-0.39, 0.29) is 12.6 Å². The molecule has 4 heteroatoms. The van der Waals surface area contributed by atoms with Crippen LogP contribution in [0.25, 0.3) is 0 Å². The summed E-state index contributed by atoms with van der Waals surface area (Å²) in [4.78, 5) is 11.3. The summed E-state index contributed by atoms with van der Waals surface area (Å²) in [7, 11) is 1.58. The molecule has 0 aromatic heterocycles. The topological polar surface area (TPSA) is 55.8 Å². The fraction of sp³-hybridized carbons (Fsp3) is 0.417. The molecular weight excluding hydrogens is 208 g/mol. The van der Waals surface area contributed by atoms with Crippen LogP contribution in [-0.4, -0.2) is 24.8 Å². The maximum absolute atomic E-state index is 11.3. The number of carbonyl (C=O) groups is 1. The van der Waals surface area contributed by atoms with Gasteiger partial charge in [0.2, 0.25) is 0 Å². The number of benzene rings is 1. The van der Waals surface area contributed by atoms with E-state index in [9.17, 15) is 4.79 Å². The van der Waals surface area contributed by atoms with Crippen molar-refractivity contribution in [2.45, 2.75) is 19.3 Å². The number of carbonyl (C=O) groups excluding carboxylic acids is 1. The van der Waals surface area contributed by atoms with Crippen LogP contribution in [0.2, 0.25) is 0 Å². The molecule has 88 valence electrons. The molecule has 0 radical (unpaired) electrons. The first-order chi connectivity index (χ1) is 7.76. The van der Waals surface area contributed by atoms with E-state index in [1.165, 1.54) is 0 Å². The summed E-state index contributed by atoms with van der Waals surface area (Å²) in [6.45, 7) is 0.107.